The maximum atomic E-state index is 9.05. The number of nitrogen functional groups attached to an aromatic ring is 1. The van der Waals surface area contributed by atoms with E-state index < -0.39 is 0 Å². The zero-order chi connectivity index (χ0) is 10.4. The van der Waals surface area contributed by atoms with Gasteiger partial charge in [0.05, 0.1) is 12.2 Å². The third-order valence-corrected chi connectivity index (χ3v) is 1.47. The molecule has 14 heavy (non-hydrogen) atoms. The van der Waals surface area contributed by atoms with Gasteiger partial charge in [-0.05, 0) is 17.7 Å². The minimum absolute atomic E-state index is 0.100. The van der Waals surface area contributed by atoms with Crippen LogP contribution in [0.1, 0.15) is 5.56 Å². The molecular weight excluding hydrogens is 180 g/mol. The molecule has 3 N–H and O–H groups in total. The Morgan fingerprint density at radius 3 is 3.00 bits per heavy atom. The molecule has 0 aliphatic rings. The van der Waals surface area contributed by atoms with Gasteiger partial charge in [0.1, 0.15) is 5.75 Å². The molecule has 0 fully saturated rings. The predicted octanol–water partition coefficient (Wildman–Crippen LogP) is 1.64. The average molecular weight is 188 g/mol. The molecule has 0 heterocycles. The van der Waals surface area contributed by atoms with Gasteiger partial charge in [-0.2, -0.15) is 0 Å². The number of nitrogens with zero attached hydrogens (tertiary/aromatic N) is 3. The van der Waals surface area contributed by atoms with Crippen LogP contribution < -0.4 is 5.73 Å². The third-order valence-electron chi connectivity index (χ3n) is 1.47. The lowest BCUT2D eigenvalue weighted by Gasteiger charge is -1.97. The van der Waals surface area contributed by atoms with E-state index in [0.29, 0.717) is 11.3 Å². The summed E-state index contributed by atoms with van der Waals surface area (Å²) >= 11 is 0. The first-order valence-electron chi connectivity index (χ1n) is 3.82. The monoisotopic (exact) mass is 188 g/mol. The number of phenols is 1. The molecule has 0 saturated carbocycles. The maximum absolute atomic E-state index is 9.05. The summed E-state index contributed by atoms with van der Waals surface area (Å²) in [4.78, 5) is 2.55. The van der Waals surface area contributed by atoms with Crippen LogP contribution in [-0.4, -0.2) is 11.7 Å². The van der Waals surface area contributed by atoms with Crippen molar-refractivity contribution in [2.45, 2.75) is 0 Å². The highest BCUT2D eigenvalue weighted by molar-refractivity contribution is 5.58. The van der Waals surface area contributed by atoms with E-state index in [1.54, 1.807) is 6.07 Å². The lowest BCUT2D eigenvalue weighted by atomic mass is 10.2. The Morgan fingerprint density at radius 1 is 1.57 bits per heavy atom. The number of aromatic hydroxyl groups is 1. The van der Waals surface area contributed by atoms with E-state index in [1.807, 2.05) is 0 Å². The molecule has 0 amide bonds. The molecule has 1 rings (SSSR count). The van der Waals surface area contributed by atoms with Gasteiger partial charge in [-0.3, -0.25) is 0 Å². The van der Waals surface area contributed by atoms with Gasteiger partial charge in [-0.1, -0.05) is 17.0 Å². The minimum Gasteiger partial charge on any atom is -0.508 e. The Kier molecular flexibility index (Phi) is 3.25. The summed E-state index contributed by atoms with van der Waals surface area (Å²) in [5.74, 6) is 5.45. The highest BCUT2D eigenvalue weighted by atomic mass is 16.3. The predicted molar refractivity (Wildman–Crippen MR) is 53.4 cm³/mol. The van der Waals surface area contributed by atoms with Gasteiger partial charge in [-0.15, -0.1) is 0 Å². The number of rotatable bonds is 1. The summed E-state index contributed by atoms with van der Waals surface area (Å²) in [6.45, 7) is 0.108. The molecule has 70 valence electrons. The fraction of sp³-hybridized carbons (Fsp3) is 0.111. The second kappa shape index (κ2) is 4.65. The van der Waals surface area contributed by atoms with Gasteiger partial charge in [0.15, 0.2) is 0 Å². The van der Waals surface area contributed by atoms with Crippen LogP contribution in [0.25, 0.3) is 10.4 Å². The van der Waals surface area contributed by atoms with Crippen LogP contribution in [0, 0.1) is 11.8 Å². The molecule has 5 nitrogen and oxygen atoms in total. The Morgan fingerprint density at radius 2 is 2.36 bits per heavy atom. The molecule has 0 saturated heterocycles. The molecule has 0 unspecified atom stereocenters. The van der Waals surface area contributed by atoms with Crippen molar-refractivity contribution in [2.24, 2.45) is 5.11 Å². The van der Waals surface area contributed by atoms with Gasteiger partial charge in [0.2, 0.25) is 0 Å². The SMILES string of the molecule is [N-]=[N+]=NCC#Cc1ccc(O)cc1N. The molecule has 0 radical (unpaired) electrons. The summed E-state index contributed by atoms with van der Waals surface area (Å²) in [6.07, 6.45) is 0. The number of hydrogen-bond donors (Lipinski definition) is 2. The van der Waals surface area contributed by atoms with E-state index in [4.69, 9.17) is 16.4 Å². The van der Waals surface area contributed by atoms with Gasteiger partial charge >= 0.3 is 0 Å². The first-order valence-corrected chi connectivity index (χ1v) is 3.82. The van der Waals surface area contributed by atoms with E-state index in [1.165, 1.54) is 12.1 Å². The summed E-state index contributed by atoms with van der Waals surface area (Å²) in [7, 11) is 0. The normalized spacial score (nSPS) is 8.29. The average Bonchev–Trinajstić information content (AvgIpc) is 2.15. The van der Waals surface area contributed by atoms with E-state index in [0.717, 1.165) is 0 Å². The molecule has 1 aromatic carbocycles. The fourth-order valence-corrected chi connectivity index (χ4v) is 0.866. The van der Waals surface area contributed by atoms with Crippen LogP contribution in [-0.2, 0) is 0 Å². The van der Waals surface area contributed by atoms with Gasteiger partial charge in [-0.25, -0.2) is 0 Å². The number of benzene rings is 1. The Balaban J connectivity index is 2.84. The molecule has 5 heteroatoms. The van der Waals surface area contributed by atoms with Crippen molar-refractivity contribution in [1.29, 1.82) is 0 Å². The van der Waals surface area contributed by atoms with Crippen LogP contribution in [0.15, 0.2) is 23.3 Å². The standard InChI is InChI=1S/C9H8N4O/c10-9-6-8(14)4-3-7(9)2-1-5-12-13-11/h3-4,6,14H,5,10H2. The topological polar surface area (TPSA) is 95.0 Å². The molecular formula is C9H8N4O. The van der Waals surface area contributed by atoms with E-state index >= 15 is 0 Å². The van der Waals surface area contributed by atoms with Gasteiger partial charge < -0.3 is 10.8 Å². The second-order valence-electron chi connectivity index (χ2n) is 2.46. The van der Waals surface area contributed by atoms with Crippen molar-refractivity contribution in [3.63, 3.8) is 0 Å². The molecule has 0 atom stereocenters. The van der Waals surface area contributed by atoms with Crippen molar-refractivity contribution in [3.05, 3.63) is 34.2 Å². The van der Waals surface area contributed by atoms with Crippen molar-refractivity contribution in [2.75, 3.05) is 12.3 Å². The largest absolute Gasteiger partial charge is 0.508 e. The summed E-state index contributed by atoms with van der Waals surface area (Å²) in [6, 6.07) is 4.51. The summed E-state index contributed by atoms with van der Waals surface area (Å²) < 4.78 is 0. The molecule has 0 bridgehead atoms. The smallest absolute Gasteiger partial charge is 0.117 e. The zero-order valence-corrected chi connectivity index (χ0v) is 7.31. The number of azide groups is 1. The summed E-state index contributed by atoms with van der Waals surface area (Å²) in [5, 5.41) is 12.3. The number of phenolic OH excluding ortho intramolecular Hbond substituents is 1. The molecule has 0 aliphatic carbocycles. The fourth-order valence-electron chi connectivity index (χ4n) is 0.866. The van der Waals surface area contributed by atoms with Crippen molar-refractivity contribution >= 4 is 5.69 Å². The highest BCUT2D eigenvalue weighted by Gasteiger charge is 1.95. The lowest BCUT2D eigenvalue weighted by Crippen LogP contribution is -1.89. The number of hydrogen-bond acceptors (Lipinski definition) is 3. The van der Waals surface area contributed by atoms with Gasteiger partial charge in [0, 0.05) is 16.5 Å². The number of nitrogens with two attached hydrogens (primary N) is 1. The van der Waals surface area contributed by atoms with Crippen molar-refractivity contribution < 1.29 is 5.11 Å². The first kappa shape index (κ1) is 9.78. The van der Waals surface area contributed by atoms with Gasteiger partial charge in [0.25, 0.3) is 0 Å². The molecule has 1 aromatic rings. The number of anilines is 1. The molecule has 0 spiro atoms. The van der Waals surface area contributed by atoms with Crippen LogP contribution in [0.4, 0.5) is 5.69 Å². The van der Waals surface area contributed by atoms with Crippen LogP contribution >= 0.6 is 0 Å². The van der Waals surface area contributed by atoms with E-state index in [2.05, 4.69) is 21.9 Å². The Bertz CT molecular complexity index is 438. The highest BCUT2D eigenvalue weighted by Crippen LogP contribution is 2.17. The second-order valence-corrected chi connectivity index (χ2v) is 2.46. The van der Waals surface area contributed by atoms with E-state index in [9.17, 15) is 0 Å². The van der Waals surface area contributed by atoms with Crippen molar-refractivity contribution in [1.82, 2.24) is 0 Å². The molecule has 0 aliphatic heterocycles. The van der Waals surface area contributed by atoms with Crippen LogP contribution in [0.2, 0.25) is 0 Å². The van der Waals surface area contributed by atoms with Crippen LogP contribution in [0.5, 0.6) is 5.75 Å². The zero-order valence-electron chi connectivity index (χ0n) is 7.31. The van der Waals surface area contributed by atoms with E-state index in [-0.39, 0.29) is 12.3 Å². The Hall–Kier alpha value is -2.31. The van der Waals surface area contributed by atoms with Crippen molar-refractivity contribution in [3.8, 4) is 17.6 Å². The molecule has 0 aromatic heterocycles. The quantitative estimate of drug-likeness (QED) is 0.230. The Labute approximate surface area is 80.8 Å². The summed E-state index contributed by atoms with van der Waals surface area (Å²) in [5.41, 5.74) is 14.6. The van der Waals surface area contributed by atoms with Crippen LogP contribution in [0.3, 0.4) is 0 Å². The minimum atomic E-state index is 0.100. The maximum Gasteiger partial charge on any atom is 0.117 e. The first-order chi connectivity index (χ1) is 6.74. The third kappa shape index (κ3) is 2.63. The lowest BCUT2D eigenvalue weighted by molar-refractivity contribution is 0.475.